The summed E-state index contributed by atoms with van der Waals surface area (Å²) in [5, 5.41) is 15.7. The molecule has 0 saturated carbocycles. The minimum absolute atomic E-state index is 0.0675. The predicted molar refractivity (Wildman–Crippen MR) is 77.1 cm³/mol. The van der Waals surface area contributed by atoms with Gasteiger partial charge in [-0.2, -0.15) is 5.26 Å². The van der Waals surface area contributed by atoms with Crippen LogP contribution in [0, 0.1) is 11.3 Å². The summed E-state index contributed by atoms with van der Waals surface area (Å²) in [4.78, 5) is 13.8. The van der Waals surface area contributed by atoms with Crippen LogP contribution in [0.25, 0.3) is 0 Å². The van der Waals surface area contributed by atoms with Gasteiger partial charge in [-0.05, 0) is 17.7 Å². The van der Waals surface area contributed by atoms with Gasteiger partial charge in [-0.1, -0.05) is 23.7 Å². The van der Waals surface area contributed by atoms with Gasteiger partial charge in [-0.15, -0.1) is 0 Å². The van der Waals surface area contributed by atoms with E-state index in [1.807, 2.05) is 17.0 Å². The lowest BCUT2D eigenvalue weighted by atomic mass is 10.2. The monoisotopic (exact) mass is 292 g/mol. The first-order valence-corrected chi connectivity index (χ1v) is 6.92. The second kappa shape index (κ2) is 7.25. The molecule has 6 heteroatoms. The lowest BCUT2D eigenvalue weighted by Crippen LogP contribution is -2.53. The average Bonchev–Trinajstić information content (AvgIpc) is 2.47. The van der Waals surface area contributed by atoms with Crippen LogP contribution in [-0.2, 0) is 11.3 Å². The van der Waals surface area contributed by atoms with E-state index in [0.717, 1.165) is 12.1 Å². The highest BCUT2D eigenvalue weighted by molar-refractivity contribution is 6.30. The number of carbonyl (C=O) groups excluding carboxylic acids is 1. The number of rotatable bonds is 4. The molecule has 0 bridgehead atoms. The summed E-state index contributed by atoms with van der Waals surface area (Å²) in [7, 11) is 0. The van der Waals surface area contributed by atoms with E-state index in [4.69, 9.17) is 16.9 Å². The van der Waals surface area contributed by atoms with E-state index in [9.17, 15) is 4.79 Å². The molecule has 1 unspecified atom stereocenters. The fourth-order valence-electron chi connectivity index (χ4n) is 2.11. The van der Waals surface area contributed by atoms with E-state index in [2.05, 4.69) is 16.7 Å². The second-order valence-electron chi connectivity index (χ2n) is 4.72. The minimum atomic E-state index is -0.231. The Kier molecular flexibility index (Phi) is 5.36. The molecule has 1 heterocycles. The molecule has 1 aliphatic rings. The van der Waals surface area contributed by atoms with Gasteiger partial charge in [-0.25, -0.2) is 0 Å². The molecule has 2 N–H and O–H groups in total. The van der Waals surface area contributed by atoms with Crippen molar-refractivity contribution in [2.45, 2.75) is 12.6 Å². The first kappa shape index (κ1) is 14.8. The molecule has 0 radical (unpaired) electrons. The zero-order chi connectivity index (χ0) is 14.4. The van der Waals surface area contributed by atoms with E-state index in [1.165, 1.54) is 0 Å². The molecular weight excluding hydrogens is 276 g/mol. The van der Waals surface area contributed by atoms with Gasteiger partial charge in [-0.3, -0.25) is 9.69 Å². The van der Waals surface area contributed by atoms with Crippen LogP contribution < -0.4 is 10.6 Å². The molecule has 20 heavy (non-hydrogen) atoms. The van der Waals surface area contributed by atoms with E-state index < -0.39 is 0 Å². The van der Waals surface area contributed by atoms with E-state index in [0.29, 0.717) is 24.7 Å². The Morgan fingerprint density at radius 2 is 2.25 bits per heavy atom. The Morgan fingerprint density at radius 3 is 2.95 bits per heavy atom. The third kappa shape index (κ3) is 4.20. The van der Waals surface area contributed by atoms with Crippen LogP contribution in [0.5, 0.6) is 0 Å². The predicted octanol–water partition coefficient (Wildman–Crippen LogP) is 0.754. The molecule has 1 atom stereocenters. The minimum Gasteiger partial charge on any atom is -0.351 e. The molecule has 1 fully saturated rings. The zero-order valence-electron chi connectivity index (χ0n) is 11.1. The summed E-state index contributed by atoms with van der Waals surface area (Å²) in [6, 6.07) is 9.33. The van der Waals surface area contributed by atoms with Crippen molar-refractivity contribution in [3.8, 4) is 6.07 Å². The van der Waals surface area contributed by atoms with Crippen LogP contribution >= 0.6 is 11.6 Å². The van der Waals surface area contributed by atoms with Crippen LogP contribution in [0.3, 0.4) is 0 Å². The molecule has 106 valence electrons. The molecule has 0 aromatic heterocycles. The Labute approximate surface area is 123 Å². The molecule has 1 aliphatic heterocycles. The number of nitrogens with one attached hydrogen (secondary N) is 2. The number of carbonyl (C=O) groups is 1. The lowest BCUT2D eigenvalue weighted by molar-refractivity contribution is -0.122. The summed E-state index contributed by atoms with van der Waals surface area (Å²) < 4.78 is 0. The van der Waals surface area contributed by atoms with E-state index in [1.54, 1.807) is 12.1 Å². The van der Waals surface area contributed by atoms with Gasteiger partial charge >= 0.3 is 0 Å². The highest BCUT2D eigenvalue weighted by atomic mass is 35.5. The highest BCUT2D eigenvalue weighted by Crippen LogP contribution is 2.09. The molecule has 5 nitrogen and oxygen atoms in total. The maximum atomic E-state index is 11.9. The van der Waals surface area contributed by atoms with Gasteiger partial charge in [0.25, 0.3) is 0 Å². The number of halogens is 1. The molecule has 1 amide bonds. The summed E-state index contributed by atoms with van der Waals surface area (Å²) >= 11 is 5.80. The normalized spacial score (nSPS) is 19.3. The van der Waals surface area contributed by atoms with Gasteiger partial charge in [0.05, 0.1) is 12.6 Å². The van der Waals surface area contributed by atoms with Crippen molar-refractivity contribution < 1.29 is 4.79 Å². The number of hydrogen-bond donors (Lipinski definition) is 2. The summed E-state index contributed by atoms with van der Waals surface area (Å²) in [5.41, 5.74) is 1.000. The highest BCUT2D eigenvalue weighted by Gasteiger charge is 2.23. The van der Waals surface area contributed by atoms with Gasteiger partial charge in [0.15, 0.2) is 0 Å². The maximum Gasteiger partial charge on any atom is 0.234 e. The molecule has 2 rings (SSSR count). The van der Waals surface area contributed by atoms with E-state index >= 15 is 0 Å². The first-order valence-electron chi connectivity index (χ1n) is 6.54. The van der Waals surface area contributed by atoms with Gasteiger partial charge in [0, 0.05) is 31.2 Å². The van der Waals surface area contributed by atoms with Crippen molar-refractivity contribution in [3.63, 3.8) is 0 Å². The summed E-state index contributed by atoms with van der Waals surface area (Å²) in [6.45, 7) is 2.86. The fraction of sp³-hybridized carbons (Fsp3) is 0.429. The average molecular weight is 293 g/mol. The number of amides is 1. The zero-order valence-corrected chi connectivity index (χ0v) is 11.9. The first-order chi connectivity index (χ1) is 9.69. The van der Waals surface area contributed by atoms with Crippen molar-refractivity contribution in [3.05, 3.63) is 34.9 Å². The molecular formula is C14H17ClN4O. The third-order valence-electron chi connectivity index (χ3n) is 3.25. The van der Waals surface area contributed by atoms with Gasteiger partial charge in [0.2, 0.25) is 5.91 Å². The van der Waals surface area contributed by atoms with Crippen LogP contribution in [0.4, 0.5) is 0 Å². The smallest absolute Gasteiger partial charge is 0.234 e. The van der Waals surface area contributed by atoms with Crippen molar-refractivity contribution in [1.82, 2.24) is 15.5 Å². The van der Waals surface area contributed by atoms with Crippen LogP contribution in [0.1, 0.15) is 5.56 Å². The molecule has 1 aromatic carbocycles. The SMILES string of the molecule is N#CC1CNCCN1CC(=O)NCc1ccc(Cl)cc1. The number of piperazine rings is 1. The van der Waals surface area contributed by atoms with Crippen LogP contribution in [0.2, 0.25) is 5.02 Å². The quantitative estimate of drug-likeness (QED) is 0.859. The van der Waals surface area contributed by atoms with Crippen molar-refractivity contribution in [2.75, 3.05) is 26.2 Å². The van der Waals surface area contributed by atoms with Gasteiger partial charge < -0.3 is 10.6 Å². The van der Waals surface area contributed by atoms with Gasteiger partial charge in [0.1, 0.15) is 6.04 Å². The second-order valence-corrected chi connectivity index (χ2v) is 5.16. The number of nitriles is 1. The van der Waals surface area contributed by atoms with Crippen molar-refractivity contribution >= 4 is 17.5 Å². The fourth-order valence-corrected chi connectivity index (χ4v) is 2.23. The molecule has 0 aliphatic carbocycles. The van der Waals surface area contributed by atoms with Crippen LogP contribution in [-0.4, -0.2) is 43.0 Å². The number of nitrogens with zero attached hydrogens (tertiary/aromatic N) is 2. The van der Waals surface area contributed by atoms with Crippen molar-refractivity contribution in [1.29, 1.82) is 5.26 Å². The standard InChI is InChI=1S/C14H17ClN4O/c15-12-3-1-11(2-4-12)8-18-14(20)10-19-6-5-17-9-13(19)7-16/h1-4,13,17H,5-6,8-10H2,(H,18,20). The summed E-state index contributed by atoms with van der Waals surface area (Å²) in [6.07, 6.45) is 0. The summed E-state index contributed by atoms with van der Waals surface area (Å²) in [5.74, 6) is -0.0675. The largest absolute Gasteiger partial charge is 0.351 e. The van der Waals surface area contributed by atoms with E-state index in [-0.39, 0.29) is 18.5 Å². The molecule has 0 spiro atoms. The Morgan fingerprint density at radius 1 is 1.50 bits per heavy atom. The Hall–Kier alpha value is -1.61. The van der Waals surface area contributed by atoms with Crippen LogP contribution in [0.15, 0.2) is 24.3 Å². The van der Waals surface area contributed by atoms with Crippen molar-refractivity contribution in [2.24, 2.45) is 0 Å². The molecule has 1 saturated heterocycles. The Balaban J connectivity index is 1.80. The Bertz CT molecular complexity index is 497. The maximum absolute atomic E-state index is 11.9. The lowest BCUT2D eigenvalue weighted by Gasteiger charge is -2.31. The topological polar surface area (TPSA) is 68.2 Å². The number of benzene rings is 1. The third-order valence-corrected chi connectivity index (χ3v) is 3.50. The molecule has 1 aromatic rings. The number of hydrogen-bond acceptors (Lipinski definition) is 4.